The van der Waals surface area contributed by atoms with Gasteiger partial charge in [-0.1, -0.05) is 158 Å². The number of nitrogens with zero attached hydrogens (tertiary/aromatic N) is 3. The van der Waals surface area contributed by atoms with Crippen LogP contribution in [0, 0.1) is 5.92 Å². The second kappa shape index (κ2) is 16.2. The molecule has 40 heavy (non-hydrogen) atoms. The molecule has 0 amide bonds. The van der Waals surface area contributed by atoms with Gasteiger partial charge in [-0.05, 0) is 43.9 Å². The molecule has 0 spiro atoms. The van der Waals surface area contributed by atoms with E-state index in [2.05, 4.69) is 0 Å². The Morgan fingerprint density at radius 3 is 1.48 bits per heavy atom. The standard InChI is InChI=1S/C35H55Cl2N3/c36-33-31(28-22-16-10-4-5-11-17-23-28)34(37)40-35(38-33)30(26-27-20-14-8-2-1-3-9-15-21-27)32(39-40)29-24-18-12-6-7-13-19-25-29/h27-29H,1-26H2. The smallest absolute Gasteiger partial charge is 0.161 e. The quantitative estimate of drug-likeness (QED) is 0.333. The summed E-state index contributed by atoms with van der Waals surface area (Å²) in [5.74, 6) is 1.64. The van der Waals surface area contributed by atoms with Crippen molar-refractivity contribution in [1.29, 1.82) is 0 Å². The molecule has 3 aliphatic rings. The summed E-state index contributed by atoms with van der Waals surface area (Å²) in [5, 5.41) is 6.80. The summed E-state index contributed by atoms with van der Waals surface area (Å²) >= 11 is 14.4. The lowest BCUT2D eigenvalue weighted by Gasteiger charge is -2.21. The first kappa shape index (κ1) is 30.7. The van der Waals surface area contributed by atoms with Crippen molar-refractivity contribution in [3.8, 4) is 0 Å². The van der Waals surface area contributed by atoms with Crippen LogP contribution in [0.1, 0.15) is 189 Å². The van der Waals surface area contributed by atoms with Crippen LogP contribution in [0.5, 0.6) is 0 Å². The maximum absolute atomic E-state index is 7.33. The lowest BCUT2D eigenvalue weighted by atomic mass is 9.84. The van der Waals surface area contributed by atoms with Gasteiger partial charge >= 0.3 is 0 Å². The minimum Gasteiger partial charge on any atom is -0.216 e. The van der Waals surface area contributed by atoms with Gasteiger partial charge in [-0.25, -0.2) is 9.50 Å². The first-order valence-electron chi connectivity index (χ1n) is 17.5. The van der Waals surface area contributed by atoms with Crippen LogP contribution in [0.3, 0.4) is 0 Å². The third kappa shape index (κ3) is 8.18. The number of hydrogen-bond donors (Lipinski definition) is 0. The summed E-state index contributed by atoms with van der Waals surface area (Å²) in [7, 11) is 0. The van der Waals surface area contributed by atoms with Crippen LogP contribution < -0.4 is 0 Å². The SMILES string of the molecule is Clc1nc2c(CC3CCCCCCCCC3)c(C3CCCCCCCC3)nn2c(Cl)c1C1CCCCCCCC1. The topological polar surface area (TPSA) is 30.2 Å². The van der Waals surface area contributed by atoms with Crippen LogP contribution in [0.4, 0.5) is 0 Å². The maximum atomic E-state index is 7.33. The highest BCUT2D eigenvalue weighted by Gasteiger charge is 2.29. The van der Waals surface area contributed by atoms with E-state index in [0.717, 1.165) is 41.5 Å². The van der Waals surface area contributed by atoms with Crippen molar-refractivity contribution >= 4 is 28.8 Å². The van der Waals surface area contributed by atoms with Gasteiger partial charge < -0.3 is 0 Å². The van der Waals surface area contributed by atoms with Crippen LogP contribution in [0.2, 0.25) is 10.3 Å². The summed E-state index contributed by atoms with van der Waals surface area (Å²) in [6.45, 7) is 0. The van der Waals surface area contributed by atoms with Gasteiger partial charge in [0.1, 0.15) is 10.3 Å². The van der Waals surface area contributed by atoms with Crippen LogP contribution in [-0.4, -0.2) is 14.6 Å². The normalized spacial score (nSPS) is 23.1. The average molecular weight is 589 g/mol. The summed E-state index contributed by atoms with van der Waals surface area (Å²) in [4.78, 5) is 5.19. The molecule has 0 aliphatic heterocycles. The van der Waals surface area contributed by atoms with Crippen molar-refractivity contribution in [3.63, 3.8) is 0 Å². The lowest BCUT2D eigenvalue weighted by Crippen LogP contribution is -2.10. The van der Waals surface area contributed by atoms with E-state index in [1.807, 2.05) is 4.52 Å². The van der Waals surface area contributed by atoms with Crippen LogP contribution >= 0.6 is 23.2 Å². The Morgan fingerprint density at radius 2 is 0.975 bits per heavy atom. The number of aromatic nitrogens is 3. The summed E-state index contributed by atoms with van der Waals surface area (Å²) in [6.07, 6.45) is 34.4. The molecule has 2 aromatic heterocycles. The summed E-state index contributed by atoms with van der Waals surface area (Å²) < 4.78 is 2.05. The zero-order valence-corrected chi connectivity index (χ0v) is 26.7. The van der Waals surface area contributed by atoms with Crippen molar-refractivity contribution < 1.29 is 0 Å². The van der Waals surface area contributed by atoms with E-state index in [0.29, 0.717) is 17.0 Å². The second-order valence-electron chi connectivity index (χ2n) is 13.6. The van der Waals surface area contributed by atoms with Gasteiger partial charge in [0.25, 0.3) is 0 Å². The molecule has 5 rings (SSSR count). The molecule has 0 atom stereocenters. The zero-order valence-electron chi connectivity index (χ0n) is 25.2. The van der Waals surface area contributed by atoms with Gasteiger partial charge in [0, 0.05) is 17.0 Å². The van der Waals surface area contributed by atoms with Crippen molar-refractivity contribution in [2.75, 3.05) is 0 Å². The highest BCUT2D eigenvalue weighted by molar-refractivity contribution is 6.35. The number of rotatable bonds is 4. The summed E-state index contributed by atoms with van der Waals surface area (Å²) in [6, 6.07) is 0. The first-order chi connectivity index (χ1) is 19.7. The minimum absolute atomic E-state index is 0.397. The average Bonchev–Trinajstić information content (AvgIpc) is 3.41. The molecule has 3 aliphatic carbocycles. The Balaban J connectivity index is 1.52. The largest absolute Gasteiger partial charge is 0.216 e. The van der Waals surface area contributed by atoms with Gasteiger partial charge in [-0.3, -0.25) is 0 Å². The molecule has 2 heterocycles. The fourth-order valence-electron chi connectivity index (χ4n) is 8.14. The third-order valence-corrected chi connectivity index (χ3v) is 11.2. The molecule has 0 bridgehead atoms. The molecule has 0 N–H and O–H groups in total. The number of halogens is 2. The molecule has 3 saturated carbocycles. The molecule has 2 aromatic rings. The fraction of sp³-hybridized carbons (Fsp3) is 0.829. The predicted molar refractivity (Wildman–Crippen MR) is 171 cm³/mol. The van der Waals surface area contributed by atoms with E-state index in [1.54, 1.807) is 0 Å². The van der Waals surface area contributed by atoms with E-state index in [-0.39, 0.29) is 0 Å². The van der Waals surface area contributed by atoms with Gasteiger partial charge in [0.15, 0.2) is 5.65 Å². The van der Waals surface area contributed by atoms with E-state index in [4.69, 9.17) is 33.3 Å². The van der Waals surface area contributed by atoms with Crippen LogP contribution in [0.25, 0.3) is 5.65 Å². The highest BCUT2D eigenvalue weighted by Crippen LogP contribution is 2.41. The highest BCUT2D eigenvalue weighted by atomic mass is 35.5. The van der Waals surface area contributed by atoms with Crippen molar-refractivity contribution in [2.24, 2.45) is 5.92 Å². The molecule has 224 valence electrons. The minimum atomic E-state index is 0.397. The Hall–Kier alpha value is -0.800. The second-order valence-corrected chi connectivity index (χ2v) is 14.3. The Morgan fingerprint density at radius 1 is 0.550 bits per heavy atom. The molecule has 5 heteroatoms. The fourth-order valence-corrected chi connectivity index (χ4v) is 8.87. The molecular weight excluding hydrogens is 533 g/mol. The number of hydrogen-bond acceptors (Lipinski definition) is 2. The number of fused-ring (bicyclic) bond motifs is 1. The molecule has 0 radical (unpaired) electrons. The van der Waals surface area contributed by atoms with Gasteiger partial charge in [0.2, 0.25) is 0 Å². The van der Waals surface area contributed by atoms with Crippen LogP contribution in [0.15, 0.2) is 0 Å². The van der Waals surface area contributed by atoms with E-state index in [9.17, 15) is 0 Å². The molecule has 0 saturated heterocycles. The van der Waals surface area contributed by atoms with Crippen molar-refractivity contribution in [3.05, 3.63) is 27.1 Å². The Kier molecular flexibility index (Phi) is 12.4. The zero-order chi connectivity index (χ0) is 27.6. The van der Waals surface area contributed by atoms with Gasteiger partial charge in [-0.15, -0.1) is 0 Å². The Bertz CT molecular complexity index is 1020. The molecule has 0 unspecified atom stereocenters. The monoisotopic (exact) mass is 587 g/mol. The Labute approximate surface area is 254 Å². The van der Waals surface area contributed by atoms with Gasteiger partial charge in [0.05, 0.1) is 5.69 Å². The van der Waals surface area contributed by atoms with E-state index < -0.39 is 0 Å². The first-order valence-corrected chi connectivity index (χ1v) is 18.2. The van der Waals surface area contributed by atoms with Crippen molar-refractivity contribution in [2.45, 2.75) is 179 Å². The lowest BCUT2D eigenvalue weighted by molar-refractivity contribution is 0.385. The molecular formula is C35H55Cl2N3. The van der Waals surface area contributed by atoms with Crippen molar-refractivity contribution in [1.82, 2.24) is 14.6 Å². The van der Waals surface area contributed by atoms with Gasteiger partial charge in [-0.2, -0.15) is 5.10 Å². The maximum Gasteiger partial charge on any atom is 0.161 e. The predicted octanol–water partition coefficient (Wildman–Crippen LogP) is 12.2. The van der Waals surface area contributed by atoms with E-state index in [1.165, 1.54) is 159 Å². The summed E-state index contributed by atoms with van der Waals surface area (Å²) in [5.41, 5.74) is 4.74. The van der Waals surface area contributed by atoms with Crippen LogP contribution in [-0.2, 0) is 6.42 Å². The molecule has 3 nitrogen and oxygen atoms in total. The third-order valence-electron chi connectivity index (χ3n) is 10.5. The molecule has 3 fully saturated rings. The van der Waals surface area contributed by atoms with E-state index >= 15 is 0 Å². The molecule has 0 aromatic carbocycles.